The average molecular weight is 334 g/mol. The molecule has 0 aliphatic heterocycles. The molecule has 4 heteroatoms. The maximum absolute atomic E-state index is 11.0. The van der Waals surface area contributed by atoms with E-state index in [2.05, 4.69) is 20.8 Å². The predicted molar refractivity (Wildman–Crippen MR) is 93.5 cm³/mol. The Labute approximate surface area is 144 Å². The molecular weight excluding hydrogens is 304 g/mol. The number of aliphatic hydroxyl groups excluding tert-OH is 1. The van der Waals surface area contributed by atoms with Crippen molar-refractivity contribution in [1.29, 1.82) is 0 Å². The third kappa shape index (κ3) is 4.37. The summed E-state index contributed by atoms with van der Waals surface area (Å²) < 4.78 is 4.94. The van der Waals surface area contributed by atoms with Crippen LogP contribution in [0, 0.1) is 11.3 Å². The highest BCUT2D eigenvalue weighted by Gasteiger charge is 2.45. The normalized spacial score (nSPS) is 27.8. The van der Waals surface area contributed by atoms with Gasteiger partial charge in [-0.05, 0) is 41.7 Å². The molecule has 1 aliphatic carbocycles. The van der Waals surface area contributed by atoms with Gasteiger partial charge in [0.25, 0.3) is 0 Å². The molecule has 2 rings (SSSR count). The van der Waals surface area contributed by atoms with E-state index in [1.165, 1.54) is 6.92 Å². The van der Waals surface area contributed by atoms with Crippen molar-refractivity contribution in [3.8, 4) is 0 Å². The Kier molecular flexibility index (Phi) is 5.71. The molecule has 134 valence electrons. The van der Waals surface area contributed by atoms with Crippen LogP contribution in [0.2, 0.25) is 0 Å². The molecule has 1 saturated carbocycles. The Morgan fingerprint density at radius 3 is 2.42 bits per heavy atom. The van der Waals surface area contributed by atoms with Crippen molar-refractivity contribution in [1.82, 2.24) is 0 Å². The maximum Gasteiger partial charge on any atom is 0.302 e. The van der Waals surface area contributed by atoms with Crippen LogP contribution in [0.25, 0.3) is 0 Å². The van der Waals surface area contributed by atoms with Gasteiger partial charge in [0, 0.05) is 13.3 Å². The summed E-state index contributed by atoms with van der Waals surface area (Å²) in [6, 6.07) is 7.62. The Balaban J connectivity index is 2.04. The Hall–Kier alpha value is -1.39. The molecule has 0 radical (unpaired) electrons. The zero-order valence-electron chi connectivity index (χ0n) is 15.2. The monoisotopic (exact) mass is 334 g/mol. The first-order valence-electron chi connectivity index (χ1n) is 8.76. The van der Waals surface area contributed by atoms with Crippen LogP contribution in [0.4, 0.5) is 0 Å². The molecular formula is C20H30O4. The van der Waals surface area contributed by atoms with Crippen LogP contribution in [0.1, 0.15) is 58.1 Å². The van der Waals surface area contributed by atoms with E-state index in [0.717, 1.165) is 17.5 Å². The smallest absolute Gasteiger partial charge is 0.302 e. The Morgan fingerprint density at radius 2 is 1.92 bits per heavy atom. The average Bonchev–Trinajstić information content (AvgIpc) is 2.49. The molecule has 0 amide bonds. The topological polar surface area (TPSA) is 66.8 Å². The second-order valence-electron chi connectivity index (χ2n) is 8.06. The molecule has 0 bridgehead atoms. The summed E-state index contributed by atoms with van der Waals surface area (Å²) in [7, 11) is 0. The summed E-state index contributed by atoms with van der Waals surface area (Å²) >= 11 is 0. The Morgan fingerprint density at radius 1 is 1.29 bits per heavy atom. The Bertz CT molecular complexity index is 558. The first-order valence-corrected chi connectivity index (χ1v) is 8.76. The third-order valence-electron chi connectivity index (χ3n) is 5.31. The standard InChI is InChI=1S/C20H30O4/c1-14(21)24-12-10-15-5-7-16(8-6-15)20(23)11-9-17(13-18(20)22)19(2,3)4/h5-8,17-18,22-23H,9-13H2,1-4H3/t17-,18+,20+/m0/s1. The number of carbonyl (C=O) groups is 1. The molecule has 24 heavy (non-hydrogen) atoms. The molecule has 0 aromatic heterocycles. The minimum atomic E-state index is -1.17. The first kappa shape index (κ1) is 18.9. The lowest BCUT2D eigenvalue weighted by Crippen LogP contribution is -2.46. The van der Waals surface area contributed by atoms with E-state index >= 15 is 0 Å². The van der Waals surface area contributed by atoms with E-state index in [0.29, 0.717) is 31.8 Å². The van der Waals surface area contributed by atoms with E-state index in [-0.39, 0.29) is 11.4 Å². The zero-order valence-corrected chi connectivity index (χ0v) is 15.2. The van der Waals surface area contributed by atoms with Gasteiger partial charge >= 0.3 is 5.97 Å². The van der Waals surface area contributed by atoms with Gasteiger partial charge in [-0.1, -0.05) is 45.0 Å². The molecule has 0 saturated heterocycles. The summed E-state index contributed by atoms with van der Waals surface area (Å²) in [6.45, 7) is 8.31. The fraction of sp³-hybridized carbons (Fsp3) is 0.650. The van der Waals surface area contributed by atoms with E-state index in [4.69, 9.17) is 4.74 Å². The lowest BCUT2D eigenvalue weighted by molar-refractivity contribution is -0.140. The van der Waals surface area contributed by atoms with Gasteiger partial charge < -0.3 is 14.9 Å². The van der Waals surface area contributed by atoms with Crippen LogP contribution in [-0.2, 0) is 21.6 Å². The number of aliphatic hydroxyl groups is 2. The van der Waals surface area contributed by atoms with Crippen LogP contribution in [0.3, 0.4) is 0 Å². The fourth-order valence-electron chi connectivity index (χ4n) is 3.54. The molecule has 2 N–H and O–H groups in total. The minimum absolute atomic E-state index is 0.142. The van der Waals surface area contributed by atoms with Crippen molar-refractivity contribution in [3.63, 3.8) is 0 Å². The number of carbonyl (C=O) groups excluding carboxylic acids is 1. The number of hydrogen-bond donors (Lipinski definition) is 2. The highest BCUT2D eigenvalue weighted by Crippen LogP contribution is 2.45. The van der Waals surface area contributed by atoms with Crippen LogP contribution in [-0.4, -0.2) is 28.9 Å². The highest BCUT2D eigenvalue weighted by atomic mass is 16.5. The summed E-state index contributed by atoms with van der Waals surface area (Å²) in [4.78, 5) is 10.8. The summed E-state index contributed by atoms with van der Waals surface area (Å²) in [5, 5.41) is 21.6. The van der Waals surface area contributed by atoms with Crippen LogP contribution in [0.5, 0.6) is 0 Å². The SMILES string of the molecule is CC(=O)OCCc1ccc([C@]2(O)CC[C@H](C(C)(C)C)C[C@H]2O)cc1. The van der Waals surface area contributed by atoms with Crippen molar-refractivity contribution < 1.29 is 19.7 Å². The van der Waals surface area contributed by atoms with Crippen molar-refractivity contribution in [2.75, 3.05) is 6.61 Å². The van der Waals surface area contributed by atoms with Gasteiger partial charge in [0.1, 0.15) is 5.60 Å². The van der Waals surface area contributed by atoms with Gasteiger partial charge in [0.05, 0.1) is 12.7 Å². The highest BCUT2D eigenvalue weighted by molar-refractivity contribution is 5.65. The molecule has 0 unspecified atom stereocenters. The maximum atomic E-state index is 11.0. The molecule has 1 aliphatic rings. The number of rotatable bonds is 4. The largest absolute Gasteiger partial charge is 0.466 e. The van der Waals surface area contributed by atoms with Crippen molar-refractivity contribution in [2.45, 2.75) is 65.1 Å². The second kappa shape index (κ2) is 7.24. The summed E-state index contributed by atoms with van der Waals surface area (Å²) in [6.07, 6.45) is 2.00. The molecule has 4 nitrogen and oxygen atoms in total. The molecule has 1 fully saturated rings. The number of ether oxygens (including phenoxy) is 1. The second-order valence-corrected chi connectivity index (χ2v) is 8.06. The number of benzene rings is 1. The summed E-state index contributed by atoms with van der Waals surface area (Å²) in [5.74, 6) is 0.135. The molecule has 3 atom stereocenters. The van der Waals surface area contributed by atoms with Crippen molar-refractivity contribution >= 4 is 5.97 Å². The first-order chi connectivity index (χ1) is 11.1. The van der Waals surface area contributed by atoms with Crippen LogP contribution in [0.15, 0.2) is 24.3 Å². The van der Waals surface area contributed by atoms with Crippen molar-refractivity contribution in [2.24, 2.45) is 11.3 Å². The zero-order chi connectivity index (χ0) is 18.0. The molecule has 1 aromatic rings. The number of hydrogen-bond acceptors (Lipinski definition) is 4. The lowest BCUT2D eigenvalue weighted by atomic mass is 9.65. The fourth-order valence-corrected chi connectivity index (χ4v) is 3.54. The van der Waals surface area contributed by atoms with Crippen molar-refractivity contribution in [3.05, 3.63) is 35.4 Å². The van der Waals surface area contributed by atoms with E-state index in [1.54, 1.807) is 0 Å². The van der Waals surface area contributed by atoms with E-state index in [9.17, 15) is 15.0 Å². The van der Waals surface area contributed by atoms with Gasteiger partial charge in [-0.25, -0.2) is 0 Å². The number of esters is 1. The predicted octanol–water partition coefficient (Wildman–Crippen LogP) is 3.19. The molecule has 0 heterocycles. The van der Waals surface area contributed by atoms with Gasteiger partial charge in [0.2, 0.25) is 0 Å². The van der Waals surface area contributed by atoms with Gasteiger partial charge in [0.15, 0.2) is 0 Å². The molecule has 1 aromatic carbocycles. The van der Waals surface area contributed by atoms with Crippen LogP contribution >= 0.6 is 0 Å². The van der Waals surface area contributed by atoms with Crippen LogP contribution < -0.4 is 0 Å². The van der Waals surface area contributed by atoms with Gasteiger partial charge in [-0.15, -0.1) is 0 Å². The van der Waals surface area contributed by atoms with Gasteiger partial charge in [-0.3, -0.25) is 4.79 Å². The third-order valence-corrected chi connectivity index (χ3v) is 5.31. The summed E-state index contributed by atoms with van der Waals surface area (Å²) in [5.41, 5.74) is 0.777. The van der Waals surface area contributed by atoms with Gasteiger partial charge in [-0.2, -0.15) is 0 Å². The van der Waals surface area contributed by atoms with E-state index in [1.807, 2.05) is 24.3 Å². The lowest BCUT2D eigenvalue weighted by Gasteiger charge is -2.44. The van der Waals surface area contributed by atoms with E-state index < -0.39 is 11.7 Å². The molecule has 0 spiro atoms. The minimum Gasteiger partial charge on any atom is -0.466 e. The quantitative estimate of drug-likeness (QED) is 0.830.